The maximum absolute atomic E-state index is 12.8. The van der Waals surface area contributed by atoms with E-state index in [4.69, 9.17) is 9.47 Å². The molecule has 2 aromatic rings. The summed E-state index contributed by atoms with van der Waals surface area (Å²) in [7, 11) is 1.34. The molecule has 0 aliphatic heterocycles. The van der Waals surface area contributed by atoms with Crippen LogP contribution in [0.4, 0.5) is 4.79 Å². The van der Waals surface area contributed by atoms with Crippen LogP contribution >= 0.6 is 0 Å². The number of fused-ring (bicyclic) bond motifs is 3. The molecule has 4 N–H and O–H groups in total. The Hall–Kier alpha value is -3.43. The highest BCUT2D eigenvalue weighted by atomic mass is 16.5. The smallest absolute Gasteiger partial charge is 0.408 e. The Kier molecular flexibility index (Phi) is 7.35. The molecule has 0 bridgehead atoms. The number of carboxylic acid groups (broad SMARTS) is 1. The predicted molar refractivity (Wildman–Crippen MR) is 120 cm³/mol. The SMILES string of the molecule is COCC(C)(NC(=O)OCC1c2ccccc2-c2ccccc21)C(=O)N[C@H](C(=O)O)[C@@H](C)O. The molecule has 0 fully saturated rings. The molecule has 2 aromatic carbocycles. The van der Waals surface area contributed by atoms with Crippen molar-refractivity contribution in [1.29, 1.82) is 0 Å². The fourth-order valence-electron chi connectivity index (χ4n) is 4.00. The first-order chi connectivity index (χ1) is 15.7. The molecule has 0 aromatic heterocycles. The van der Waals surface area contributed by atoms with E-state index in [-0.39, 0.29) is 19.1 Å². The molecule has 0 spiro atoms. The van der Waals surface area contributed by atoms with Gasteiger partial charge in [-0.25, -0.2) is 9.59 Å². The number of aliphatic hydroxyl groups excluding tert-OH is 1. The lowest BCUT2D eigenvalue weighted by atomic mass is 9.98. The summed E-state index contributed by atoms with van der Waals surface area (Å²) in [4.78, 5) is 36.7. The van der Waals surface area contributed by atoms with E-state index in [1.54, 1.807) is 0 Å². The van der Waals surface area contributed by atoms with Gasteiger partial charge in [-0.2, -0.15) is 0 Å². The molecule has 9 nitrogen and oxygen atoms in total. The van der Waals surface area contributed by atoms with Crippen molar-refractivity contribution in [2.45, 2.75) is 37.5 Å². The van der Waals surface area contributed by atoms with Gasteiger partial charge < -0.3 is 30.3 Å². The summed E-state index contributed by atoms with van der Waals surface area (Å²) in [6.45, 7) is 2.44. The zero-order valence-corrected chi connectivity index (χ0v) is 18.7. The molecule has 1 aliphatic rings. The van der Waals surface area contributed by atoms with E-state index in [1.165, 1.54) is 21.0 Å². The minimum atomic E-state index is -1.63. The maximum atomic E-state index is 12.8. The predicted octanol–water partition coefficient (Wildman–Crippen LogP) is 1.88. The third-order valence-corrected chi connectivity index (χ3v) is 5.69. The normalized spacial score (nSPS) is 16.0. The van der Waals surface area contributed by atoms with Crippen LogP contribution in [0.25, 0.3) is 11.1 Å². The Morgan fingerprint density at radius 2 is 1.61 bits per heavy atom. The Bertz CT molecular complexity index is 993. The topological polar surface area (TPSA) is 134 Å². The lowest BCUT2D eigenvalue weighted by Gasteiger charge is -2.30. The molecule has 0 saturated heterocycles. The molecule has 1 aliphatic carbocycles. The molecular weight excluding hydrogens is 428 g/mol. The van der Waals surface area contributed by atoms with Crippen LogP contribution in [0, 0.1) is 0 Å². The number of alkyl carbamates (subject to hydrolysis) is 1. The van der Waals surface area contributed by atoms with Gasteiger partial charge in [-0.3, -0.25) is 4.79 Å². The van der Waals surface area contributed by atoms with Gasteiger partial charge in [0.15, 0.2) is 6.04 Å². The first-order valence-electron chi connectivity index (χ1n) is 10.5. The zero-order valence-electron chi connectivity index (χ0n) is 18.7. The second-order valence-electron chi connectivity index (χ2n) is 8.25. The van der Waals surface area contributed by atoms with Crippen molar-refractivity contribution < 1.29 is 34.1 Å². The first-order valence-corrected chi connectivity index (χ1v) is 10.5. The summed E-state index contributed by atoms with van der Waals surface area (Å²) in [5.74, 6) is -2.39. The molecule has 3 rings (SSSR count). The van der Waals surface area contributed by atoms with E-state index in [0.717, 1.165) is 22.3 Å². The number of carboxylic acids is 1. The summed E-state index contributed by atoms with van der Waals surface area (Å²) in [5.41, 5.74) is 2.64. The number of carbonyl (C=O) groups is 3. The average Bonchev–Trinajstić information content (AvgIpc) is 3.09. The van der Waals surface area contributed by atoms with Gasteiger partial charge in [0.25, 0.3) is 0 Å². The summed E-state index contributed by atoms with van der Waals surface area (Å²) >= 11 is 0. The van der Waals surface area contributed by atoms with E-state index in [1.807, 2.05) is 48.5 Å². The number of aliphatic hydroxyl groups is 1. The highest BCUT2D eigenvalue weighted by Gasteiger charge is 2.39. The number of aliphatic carboxylic acids is 1. The number of ether oxygens (including phenoxy) is 2. The second-order valence-corrected chi connectivity index (χ2v) is 8.25. The van der Waals surface area contributed by atoms with Crippen molar-refractivity contribution in [3.05, 3.63) is 59.7 Å². The lowest BCUT2D eigenvalue weighted by Crippen LogP contribution is -2.63. The van der Waals surface area contributed by atoms with Gasteiger partial charge in [-0.05, 0) is 36.1 Å². The number of hydrogen-bond acceptors (Lipinski definition) is 6. The van der Waals surface area contributed by atoms with Crippen LogP contribution < -0.4 is 10.6 Å². The van der Waals surface area contributed by atoms with Gasteiger partial charge in [0, 0.05) is 13.0 Å². The Morgan fingerprint density at radius 1 is 1.06 bits per heavy atom. The Balaban J connectivity index is 1.71. The fourth-order valence-corrected chi connectivity index (χ4v) is 4.00. The van der Waals surface area contributed by atoms with Crippen molar-refractivity contribution in [1.82, 2.24) is 10.6 Å². The molecule has 33 heavy (non-hydrogen) atoms. The van der Waals surface area contributed by atoms with Crippen LogP contribution in [0.15, 0.2) is 48.5 Å². The highest BCUT2D eigenvalue weighted by Crippen LogP contribution is 2.44. The number of rotatable bonds is 9. The van der Waals surface area contributed by atoms with Crippen LogP contribution in [0.5, 0.6) is 0 Å². The van der Waals surface area contributed by atoms with E-state index in [2.05, 4.69) is 10.6 Å². The maximum Gasteiger partial charge on any atom is 0.408 e. The van der Waals surface area contributed by atoms with E-state index < -0.39 is 35.7 Å². The van der Waals surface area contributed by atoms with Crippen molar-refractivity contribution in [2.75, 3.05) is 20.3 Å². The van der Waals surface area contributed by atoms with Crippen LogP contribution in [0.1, 0.15) is 30.9 Å². The van der Waals surface area contributed by atoms with Crippen LogP contribution in [0.3, 0.4) is 0 Å². The first kappa shape index (κ1) is 24.2. The number of methoxy groups -OCH3 is 1. The lowest BCUT2D eigenvalue weighted by molar-refractivity contribution is -0.146. The number of amides is 2. The minimum absolute atomic E-state index is 0.0516. The summed E-state index contributed by atoms with van der Waals surface area (Å²) < 4.78 is 10.5. The minimum Gasteiger partial charge on any atom is -0.480 e. The van der Waals surface area contributed by atoms with E-state index in [9.17, 15) is 24.6 Å². The molecule has 2 amide bonds. The fraction of sp³-hybridized carbons (Fsp3) is 0.375. The molecule has 0 heterocycles. The van der Waals surface area contributed by atoms with Gasteiger partial charge in [0.05, 0.1) is 12.7 Å². The van der Waals surface area contributed by atoms with Crippen molar-refractivity contribution in [3.8, 4) is 11.1 Å². The molecule has 1 unspecified atom stereocenters. The number of benzene rings is 2. The van der Waals surface area contributed by atoms with Gasteiger partial charge in [-0.1, -0.05) is 48.5 Å². The van der Waals surface area contributed by atoms with E-state index >= 15 is 0 Å². The Morgan fingerprint density at radius 3 is 2.09 bits per heavy atom. The van der Waals surface area contributed by atoms with Gasteiger partial charge >= 0.3 is 12.1 Å². The monoisotopic (exact) mass is 456 g/mol. The van der Waals surface area contributed by atoms with Crippen molar-refractivity contribution in [2.24, 2.45) is 0 Å². The molecule has 0 saturated carbocycles. The largest absolute Gasteiger partial charge is 0.480 e. The van der Waals surface area contributed by atoms with Crippen LogP contribution in [-0.2, 0) is 19.1 Å². The Labute approximate surface area is 191 Å². The molecule has 0 radical (unpaired) electrons. The third-order valence-electron chi connectivity index (χ3n) is 5.69. The number of carbonyl (C=O) groups excluding carboxylic acids is 2. The molecule has 9 heteroatoms. The summed E-state index contributed by atoms with van der Waals surface area (Å²) in [5, 5.41) is 23.6. The average molecular weight is 456 g/mol. The van der Waals surface area contributed by atoms with Gasteiger partial charge in [0.1, 0.15) is 12.1 Å². The second kappa shape index (κ2) is 10.0. The number of hydrogen-bond donors (Lipinski definition) is 4. The summed E-state index contributed by atoms with van der Waals surface area (Å²) in [6.07, 6.45) is -2.19. The standard InChI is InChI=1S/C24H28N2O7/c1-14(27)20(21(28)29)25-22(30)24(2,13-32-3)26-23(31)33-12-19-17-10-6-4-8-15(17)16-9-5-7-11-18(16)19/h4-11,14,19-20,27H,12-13H2,1-3H3,(H,25,30)(H,26,31)(H,28,29)/t14-,20+,24?/m1/s1. The van der Waals surface area contributed by atoms with Crippen molar-refractivity contribution in [3.63, 3.8) is 0 Å². The molecule has 176 valence electrons. The van der Waals surface area contributed by atoms with Gasteiger partial charge in [-0.15, -0.1) is 0 Å². The highest BCUT2D eigenvalue weighted by molar-refractivity contribution is 5.92. The van der Waals surface area contributed by atoms with Crippen LogP contribution in [0.2, 0.25) is 0 Å². The van der Waals surface area contributed by atoms with Crippen LogP contribution in [-0.4, -0.2) is 66.2 Å². The molecule has 3 atom stereocenters. The quantitative estimate of drug-likeness (QED) is 0.453. The van der Waals surface area contributed by atoms with E-state index in [0.29, 0.717) is 0 Å². The van der Waals surface area contributed by atoms with Gasteiger partial charge in [0.2, 0.25) is 5.91 Å². The van der Waals surface area contributed by atoms with Crippen molar-refractivity contribution >= 4 is 18.0 Å². The summed E-state index contributed by atoms with van der Waals surface area (Å²) in [6, 6.07) is 14.3. The molecular formula is C24H28N2O7. The number of nitrogens with one attached hydrogen (secondary N) is 2. The third kappa shape index (κ3) is 5.15. The zero-order chi connectivity index (χ0) is 24.2.